The van der Waals surface area contributed by atoms with E-state index in [2.05, 4.69) is 15.8 Å². The standard InChI is InChI=1S/C17H12F2NO.Ir/c1-11-10-13(6-7-15(11)21-17(18)19)16-14-5-3-2-4-12(14)8-9-20-16;/h2-5,7-10,17H,1H3;/q-1;. The Kier molecular flexibility index (Phi) is 5.22. The molecule has 2 nitrogen and oxygen atoms in total. The fourth-order valence-electron chi connectivity index (χ4n) is 2.28. The third kappa shape index (κ3) is 3.32. The minimum absolute atomic E-state index is 0. The number of hydrogen-bond acceptors (Lipinski definition) is 2. The van der Waals surface area contributed by atoms with Gasteiger partial charge >= 0.3 is 6.61 Å². The van der Waals surface area contributed by atoms with Crippen LogP contribution in [0.2, 0.25) is 0 Å². The number of fused-ring (bicyclic) bond motifs is 1. The van der Waals surface area contributed by atoms with Crippen LogP contribution in [0.3, 0.4) is 0 Å². The van der Waals surface area contributed by atoms with E-state index in [1.165, 1.54) is 6.07 Å². The Morgan fingerprint density at radius 2 is 1.95 bits per heavy atom. The largest absolute Gasteiger partial charge is 0.483 e. The first kappa shape index (κ1) is 16.5. The molecule has 115 valence electrons. The molecule has 0 aliphatic rings. The summed E-state index contributed by atoms with van der Waals surface area (Å²) in [5.41, 5.74) is 2.16. The number of pyridine rings is 1. The summed E-state index contributed by atoms with van der Waals surface area (Å²) in [7, 11) is 0. The molecule has 0 bridgehead atoms. The van der Waals surface area contributed by atoms with Crippen molar-refractivity contribution in [1.82, 2.24) is 4.98 Å². The number of nitrogens with zero attached hydrogens (tertiary/aromatic N) is 1. The number of halogens is 2. The average molecular weight is 477 g/mol. The van der Waals surface area contributed by atoms with Crippen molar-refractivity contribution in [2.24, 2.45) is 0 Å². The first-order valence-corrected chi connectivity index (χ1v) is 6.46. The predicted octanol–water partition coefficient (Wildman–Crippen LogP) is 4.61. The molecule has 1 aromatic heterocycles. The minimum Gasteiger partial charge on any atom is -0.483 e. The second-order valence-electron chi connectivity index (χ2n) is 4.65. The summed E-state index contributed by atoms with van der Waals surface area (Å²) in [6.07, 6.45) is 1.73. The fourth-order valence-corrected chi connectivity index (χ4v) is 2.28. The van der Waals surface area contributed by atoms with Gasteiger partial charge in [-0.25, -0.2) is 0 Å². The molecule has 1 heterocycles. The molecule has 0 saturated heterocycles. The van der Waals surface area contributed by atoms with Gasteiger partial charge in [-0.2, -0.15) is 8.78 Å². The Labute approximate surface area is 140 Å². The van der Waals surface area contributed by atoms with Crippen molar-refractivity contribution in [2.45, 2.75) is 13.5 Å². The molecule has 22 heavy (non-hydrogen) atoms. The van der Waals surface area contributed by atoms with E-state index < -0.39 is 6.61 Å². The van der Waals surface area contributed by atoms with Gasteiger partial charge in [0, 0.05) is 32.1 Å². The first-order chi connectivity index (χ1) is 10.1. The Morgan fingerprint density at radius 3 is 2.68 bits per heavy atom. The monoisotopic (exact) mass is 477 g/mol. The van der Waals surface area contributed by atoms with E-state index in [1.807, 2.05) is 30.3 Å². The fraction of sp³-hybridized carbons (Fsp3) is 0.118. The molecule has 0 N–H and O–H groups in total. The minimum atomic E-state index is -2.83. The molecular formula is C17H12F2IrNO-. The molecule has 3 aromatic rings. The van der Waals surface area contributed by atoms with Crippen molar-refractivity contribution in [3.05, 3.63) is 60.3 Å². The van der Waals surface area contributed by atoms with Crippen molar-refractivity contribution < 1.29 is 33.6 Å². The van der Waals surface area contributed by atoms with Crippen molar-refractivity contribution in [3.63, 3.8) is 0 Å². The molecule has 0 amide bonds. The van der Waals surface area contributed by atoms with Gasteiger partial charge in [-0.05, 0) is 22.5 Å². The molecule has 3 rings (SSSR count). The van der Waals surface area contributed by atoms with Gasteiger partial charge in [-0.3, -0.25) is 0 Å². The zero-order valence-corrected chi connectivity index (χ0v) is 14.0. The van der Waals surface area contributed by atoms with Crippen LogP contribution >= 0.6 is 0 Å². The van der Waals surface area contributed by atoms with Gasteiger partial charge in [0.1, 0.15) is 0 Å². The van der Waals surface area contributed by atoms with E-state index in [0.717, 1.165) is 22.0 Å². The first-order valence-electron chi connectivity index (χ1n) is 6.46. The molecule has 2 aromatic carbocycles. The molecule has 1 radical (unpaired) electrons. The Bertz CT molecular complexity index is 787. The summed E-state index contributed by atoms with van der Waals surface area (Å²) in [4.78, 5) is 4.39. The van der Waals surface area contributed by atoms with Crippen molar-refractivity contribution in [3.8, 4) is 17.0 Å². The molecule has 0 spiro atoms. The predicted molar refractivity (Wildman–Crippen MR) is 77.4 cm³/mol. The van der Waals surface area contributed by atoms with Gasteiger partial charge in [0.2, 0.25) is 0 Å². The number of hydrogen-bond donors (Lipinski definition) is 0. The van der Waals surface area contributed by atoms with E-state index >= 15 is 0 Å². The van der Waals surface area contributed by atoms with Crippen molar-refractivity contribution in [1.29, 1.82) is 0 Å². The Hall–Kier alpha value is -1.84. The Balaban J connectivity index is 0.00000176. The zero-order valence-electron chi connectivity index (χ0n) is 11.6. The van der Waals surface area contributed by atoms with Gasteiger partial charge in [-0.1, -0.05) is 36.8 Å². The molecule has 0 fully saturated rings. The van der Waals surface area contributed by atoms with Crippen LogP contribution in [0.25, 0.3) is 22.0 Å². The van der Waals surface area contributed by atoms with E-state index in [-0.39, 0.29) is 25.9 Å². The molecule has 0 aliphatic heterocycles. The SMILES string of the molecule is Cc1cc(-c2nccc3ccccc23)[c-]cc1OC(F)F.[Ir]. The molecule has 0 aliphatic carbocycles. The van der Waals surface area contributed by atoms with Gasteiger partial charge < -0.3 is 9.72 Å². The van der Waals surface area contributed by atoms with Crippen molar-refractivity contribution in [2.75, 3.05) is 0 Å². The van der Waals surface area contributed by atoms with Crippen molar-refractivity contribution >= 4 is 10.8 Å². The normalized spacial score (nSPS) is 10.5. The third-order valence-corrected chi connectivity index (χ3v) is 3.25. The van der Waals surface area contributed by atoms with Gasteiger partial charge in [-0.15, -0.1) is 23.8 Å². The number of aryl methyl sites for hydroxylation is 1. The van der Waals surface area contributed by atoms with E-state index in [9.17, 15) is 8.78 Å². The molecule has 0 unspecified atom stereocenters. The quantitative estimate of drug-likeness (QED) is 0.516. The second-order valence-corrected chi connectivity index (χ2v) is 4.65. The number of alkyl halides is 2. The maximum absolute atomic E-state index is 12.3. The maximum atomic E-state index is 12.3. The molecule has 0 saturated carbocycles. The Morgan fingerprint density at radius 1 is 1.18 bits per heavy atom. The van der Waals surface area contributed by atoms with Crippen LogP contribution in [0, 0.1) is 13.0 Å². The molecule has 0 atom stereocenters. The van der Waals surface area contributed by atoms with Crippen LogP contribution in [0.1, 0.15) is 5.56 Å². The summed E-state index contributed by atoms with van der Waals surface area (Å²) >= 11 is 0. The maximum Gasteiger partial charge on any atom is 0.379 e. The van der Waals surface area contributed by atoms with Crippen LogP contribution in [0.4, 0.5) is 8.78 Å². The van der Waals surface area contributed by atoms with Crippen LogP contribution in [-0.2, 0) is 20.1 Å². The van der Waals surface area contributed by atoms with Gasteiger partial charge in [0.05, 0.1) is 0 Å². The number of ether oxygens (including phenoxy) is 1. The molecular weight excluding hydrogens is 464 g/mol. The summed E-state index contributed by atoms with van der Waals surface area (Å²) in [6, 6.07) is 16.0. The zero-order chi connectivity index (χ0) is 14.8. The van der Waals surface area contributed by atoms with Crippen LogP contribution in [-0.4, -0.2) is 11.6 Å². The summed E-state index contributed by atoms with van der Waals surface area (Å²) in [5, 5.41) is 2.07. The third-order valence-electron chi connectivity index (χ3n) is 3.25. The summed E-state index contributed by atoms with van der Waals surface area (Å²) in [5.74, 6) is 0.133. The number of aromatic nitrogens is 1. The topological polar surface area (TPSA) is 22.1 Å². The van der Waals surface area contributed by atoms with Crippen LogP contribution in [0.15, 0.2) is 48.7 Å². The number of benzene rings is 2. The van der Waals surface area contributed by atoms with E-state index in [0.29, 0.717) is 5.56 Å². The van der Waals surface area contributed by atoms with Gasteiger partial charge in [0.25, 0.3) is 0 Å². The summed E-state index contributed by atoms with van der Waals surface area (Å²) < 4.78 is 29.0. The van der Waals surface area contributed by atoms with E-state index in [4.69, 9.17) is 0 Å². The van der Waals surface area contributed by atoms with Crippen LogP contribution < -0.4 is 4.74 Å². The molecule has 5 heteroatoms. The average Bonchev–Trinajstić information content (AvgIpc) is 2.48. The van der Waals surface area contributed by atoms with Gasteiger partial charge in [0.15, 0.2) is 0 Å². The van der Waals surface area contributed by atoms with E-state index in [1.54, 1.807) is 19.2 Å². The van der Waals surface area contributed by atoms with Crippen LogP contribution in [0.5, 0.6) is 5.75 Å². The smallest absolute Gasteiger partial charge is 0.379 e. The second kappa shape index (κ2) is 6.95. The number of rotatable bonds is 3. The summed E-state index contributed by atoms with van der Waals surface area (Å²) in [6.45, 7) is -1.11.